The van der Waals surface area contributed by atoms with Crippen LogP contribution in [0.1, 0.15) is 30.0 Å². The Bertz CT molecular complexity index is 985. The fraction of sp³-hybridized carbons (Fsp3) is 0.375. The second kappa shape index (κ2) is 6.75. The van der Waals surface area contributed by atoms with E-state index in [4.69, 9.17) is 0 Å². The summed E-state index contributed by atoms with van der Waals surface area (Å²) in [5, 5.41) is 7.36. The van der Waals surface area contributed by atoms with Crippen LogP contribution in [0.4, 0.5) is 13.2 Å². The van der Waals surface area contributed by atoms with Gasteiger partial charge in [-0.3, -0.25) is 4.40 Å². The van der Waals surface area contributed by atoms with Gasteiger partial charge in [0.05, 0.1) is 23.7 Å². The van der Waals surface area contributed by atoms with Crippen molar-refractivity contribution in [2.45, 2.75) is 25.0 Å². The maximum absolute atomic E-state index is 13.4. The molecule has 26 heavy (non-hydrogen) atoms. The number of aromatic nitrogens is 4. The van der Waals surface area contributed by atoms with Crippen LogP contribution in [0.15, 0.2) is 23.2 Å². The van der Waals surface area contributed by atoms with Crippen LogP contribution in [-0.4, -0.2) is 38.4 Å². The first-order valence-electron chi connectivity index (χ1n) is 7.69. The van der Waals surface area contributed by atoms with Crippen molar-refractivity contribution in [2.75, 3.05) is 12.9 Å². The Morgan fingerprint density at radius 3 is 2.65 bits per heavy atom. The van der Waals surface area contributed by atoms with Crippen LogP contribution < -0.4 is 0 Å². The molecule has 0 aliphatic heterocycles. The van der Waals surface area contributed by atoms with E-state index >= 15 is 0 Å². The molecule has 0 aliphatic carbocycles. The molecule has 0 spiro atoms. The quantitative estimate of drug-likeness (QED) is 0.503. The molecule has 138 valence electrons. The number of ether oxygens (including phenoxy) is 1. The summed E-state index contributed by atoms with van der Waals surface area (Å²) in [7, 11) is 1.23. The molecule has 3 rings (SSSR count). The lowest BCUT2D eigenvalue weighted by atomic mass is 10.2. The summed E-state index contributed by atoms with van der Waals surface area (Å²) in [4.78, 5) is 16.1. The normalized spacial score (nSPS) is 12.3. The second-order valence-corrected chi connectivity index (χ2v) is 7.01. The minimum absolute atomic E-state index is 0.0429. The summed E-state index contributed by atoms with van der Waals surface area (Å²) in [6, 6.07) is 4.17. The highest BCUT2D eigenvalue weighted by Gasteiger charge is 2.38. The molecule has 0 amide bonds. The summed E-state index contributed by atoms with van der Waals surface area (Å²) in [6.07, 6.45) is -4.67. The van der Waals surface area contributed by atoms with Gasteiger partial charge in [-0.25, -0.2) is 9.78 Å². The monoisotopic (exact) mass is 384 g/mol. The van der Waals surface area contributed by atoms with E-state index in [1.54, 1.807) is 0 Å². The number of benzene rings is 1. The molecule has 0 fully saturated rings. The lowest BCUT2D eigenvalue weighted by Crippen LogP contribution is -2.12. The van der Waals surface area contributed by atoms with Gasteiger partial charge in [-0.15, -0.1) is 22.0 Å². The molecule has 0 N–H and O–H groups in total. The molecule has 0 radical (unpaired) electrons. The molecule has 0 saturated carbocycles. The average Bonchev–Trinajstić information content (AvgIpc) is 3.04. The number of thioether (sulfide) groups is 1. The Morgan fingerprint density at radius 1 is 1.31 bits per heavy atom. The molecule has 6 nitrogen and oxygen atoms in total. The van der Waals surface area contributed by atoms with Gasteiger partial charge >= 0.3 is 12.1 Å². The molecule has 0 atom stereocenters. The lowest BCUT2D eigenvalue weighted by molar-refractivity contribution is -0.145. The maximum Gasteiger partial charge on any atom is 0.452 e. The smallest absolute Gasteiger partial charge is 0.452 e. The second-order valence-electron chi connectivity index (χ2n) is 6.00. The highest BCUT2D eigenvalue weighted by molar-refractivity contribution is 7.99. The van der Waals surface area contributed by atoms with E-state index in [2.05, 4.69) is 19.9 Å². The van der Waals surface area contributed by atoms with Crippen molar-refractivity contribution >= 4 is 34.4 Å². The number of carbonyl (C=O) groups is 1. The summed E-state index contributed by atoms with van der Waals surface area (Å²) < 4.78 is 45.7. The van der Waals surface area contributed by atoms with Crippen LogP contribution >= 0.6 is 11.8 Å². The number of carbonyl (C=O) groups excluding carboxylic acids is 1. The Hall–Kier alpha value is -2.36. The van der Waals surface area contributed by atoms with Gasteiger partial charge in [-0.2, -0.15) is 13.2 Å². The van der Waals surface area contributed by atoms with Gasteiger partial charge in [0.25, 0.3) is 0 Å². The van der Waals surface area contributed by atoms with Crippen molar-refractivity contribution in [2.24, 2.45) is 5.92 Å². The number of alkyl halides is 3. The van der Waals surface area contributed by atoms with Crippen LogP contribution in [0, 0.1) is 5.92 Å². The van der Waals surface area contributed by atoms with Crippen molar-refractivity contribution in [3.63, 3.8) is 0 Å². The Morgan fingerprint density at radius 2 is 2.04 bits per heavy atom. The molecule has 3 aromatic rings. The molecule has 10 heteroatoms. The Kier molecular flexibility index (Phi) is 4.78. The number of nitrogens with zero attached hydrogens (tertiary/aromatic N) is 4. The molecule has 0 bridgehead atoms. The van der Waals surface area contributed by atoms with E-state index < -0.39 is 18.0 Å². The Balaban J connectivity index is 2.31. The summed E-state index contributed by atoms with van der Waals surface area (Å²) in [6.45, 7) is 3.98. The van der Waals surface area contributed by atoms with E-state index in [1.165, 1.54) is 37.1 Å². The lowest BCUT2D eigenvalue weighted by Gasteiger charge is -2.11. The third-order valence-electron chi connectivity index (χ3n) is 3.52. The zero-order valence-corrected chi connectivity index (χ0v) is 15.0. The standard InChI is InChI=1S/C16H15F3N4O2S/c1-8(2)7-26-13-12-21-22-15(16(17,18)19)23(12)11-5-4-9(14(24)25-3)6-10(11)20-13/h4-6,8H,7H2,1-3H3. The van der Waals surface area contributed by atoms with Crippen LogP contribution in [0.3, 0.4) is 0 Å². The first-order valence-corrected chi connectivity index (χ1v) is 8.68. The van der Waals surface area contributed by atoms with Crippen molar-refractivity contribution in [1.29, 1.82) is 0 Å². The SMILES string of the molecule is COC(=O)c1ccc2c(c1)nc(SCC(C)C)c1nnc(C(F)(F)F)n12. The zero-order chi connectivity index (χ0) is 19.1. The number of rotatable bonds is 4. The van der Waals surface area contributed by atoms with E-state index in [0.717, 1.165) is 4.40 Å². The number of hydrogen-bond acceptors (Lipinski definition) is 6. The van der Waals surface area contributed by atoms with E-state index in [9.17, 15) is 18.0 Å². The van der Waals surface area contributed by atoms with E-state index in [1.807, 2.05) is 13.8 Å². The van der Waals surface area contributed by atoms with Crippen molar-refractivity contribution in [3.8, 4) is 0 Å². The molecule has 0 aliphatic rings. The van der Waals surface area contributed by atoms with Gasteiger partial charge in [0.15, 0.2) is 5.65 Å². The average molecular weight is 384 g/mol. The molecule has 2 aromatic heterocycles. The molecule has 1 aromatic carbocycles. The van der Waals surface area contributed by atoms with Gasteiger partial charge < -0.3 is 4.74 Å². The molecular weight excluding hydrogens is 369 g/mol. The molecule has 0 unspecified atom stereocenters. The largest absolute Gasteiger partial charge is 0.465 e. The van der Waals surface area contributed by atoms with E-state index in [0.29, 0.717) is 16.7 Å². The third-order valence-corrected chi connectivity index (χ3v) is 4.90. The first kappa shape index (κ1) is 18.4. The van der Waals surface area contributed by atoms with Gasteiger partial charge in [-0.05, 0) is 24.1 Å². The van der Waals surface area contributed by atoms with Crippen LogP contribution in [-0.2, 0) is 10.9 Å². The molecule has 0 saturated heterocycles. The molecule has 2 heterocycles. The number of methoxy groups -OCH3 is 1. The van der Waals surface area contributed by atoms with Crippen LogP contribution in [0.5, 0.6) is 0 Å². The minimum Gasteiger partial charge on any atom is -0.465 e. The van der Waals surface area contributed by atoms with Gasteiger partial charge in [-0.1, -0.05) is 13.8 Å². The number of fused-ring (bicyclic) bond motifs is 3. The van der Waals surface area contributed by atoms with Crippen molar-refractivity contribution < 1.29 is 22.7 Å². The number of halogens is 3. The molecular formula is C16H15F3N4O2S. The highest BCUT2D eigenvalue weighted by atomic mass is 32.2. The van der Waals surface area contributed by atoms with Crippen molar-refractivity contribution in [1.82, 2.24) is 19.6 Å². The topological polar surface area (TPSA) is 69.4 Å². The predicted octanol–water partition coefficient (Wildman–Crippen LogP) is 3.83. The summed E-state index contributed by atoms with van der Waals surface area (Å²) >= 11 is 1.30. The fourth-order valence-corrected chi connectivity index (χ4v) is 3.30. The Labute approximate surface area is 150 Å². The number of esters is 1. The van der Waals surface area contributed by atoms with Gasteiger partial charge in [0, 0.05) is 5.75 Å². The fourth-order valence-electron chi connectivity index (χ4n) is 2.38. The van der Waals surface area contributed by atoms with E-state index in [-0.39, 0.29) is 22.2 Å². The van der Waals surface area contributed by atoms with Crippen LogP contribution in [0.25, 0.3) is 16.7 Å². The predicted molar refractivity (Wildman–Crippen MR) is 90.2 cm³/mol. The van der Waals surface area contributed by atoms with Crippen LogP contribution in [0.2, 0.25) is 0 Å². The minimum atomic E-state index is -4.67. The third kappa shape index (κ3) is 3.33. The van der Waals surface area contributed by atoms with Gasteiger partial charge in [0.1, 0.15) is 5.03 Å². The maximum atomic E-state index is 13.4. The first-order chi connectivity index (χ1) is 12.2. The summed E-state index contributed by atoms with van der Waals surface area (Å²) in [5.74, 6) is -0.759. The van der Waals surface area contributed by atoms with Gasteiger partial charge in [0.2, 0.25) is 5.82 Å². The van der Waals surface area contributed by atoms with Crippen molar-refractivity contribution in [3.05, 3.63) is 29.6 Å². The summed E-state index contributed by atoms with van der Waals surface area (Å²) in [5.41, 5.74) is 0.644. The number of hydrogen-bond donors (Lipinski definition) is 0. The highest BCUT2D eigenvalue weighted by Crippen LogP contribution is 2.33. The zero-order valence-electron chi connectivity index (χ0n) is 14.2.